The van der Waals surface area contributed by atoms with Gasteiger partial charge in [0, 0.05) is 29.1 Å². The Balaban J connectivity index is 1.28. The molecule has 0 radical (unpaired) electrons. The van der Waals surface area contributed by atoms with Crippen molar-refractivity contribution in [3.8, 4) is 21.8 Å². The van der Waals surface area contributed by atoms with Crippen LogP contribution in [-0.4, -0.2) is 16.2 Å². The SMILES string of the molecule is Cc1nc(-c2ccccc2)sc1C=Nc1ccc(-c2csc(Cc3ccc(Cl)c(Cl)c3)n2)cc1. The van der Waals surface area contributed by atoms with E-state index in [1.807, 2.05) is 61.7 Å². The van der Waals surface area contributed by atoms with Crippen LogP contribution in [0.5, 0.6) is 0 Å². The first-order chi connectivity index (χ1) is 16.5. The zero-order valence-corrected chi connectivity index (χ0v) is 21.3. The summed E-state index contributed by atoms with van der Waals surface area (Å²) in [6, 6.07) is 24.1. The van der Waals surface area contributed by atoms with Gasteiger partial charge in [0.25, 0.3) is 0 Å². The average molecular weight is 521 g/mol. The molecule has 0 saturated heterocycles. The van der Waals surface area contributed by atoms with Gasteiger partial charge in [-0.2, -0.15) is 0 Å². The molecular formula is C27H19Cl2N3S2. The number of benzene rings is 3. The predicted molar refractivity (Wildman–Crippen MR) is 146 cm³/mol. The van der Waals surface area contributed by atoms with Crippen LogP contribution in [0, 0.1) is 6.92 Å². The summed E-state index contributed by atoms with van der Waals surface area (Å²) < 4.78 is 0. The van der Waals surface area contributed by atoms with Gasteiger partial charge >= 0.3 is 0 Å². The fourth-order valence-corrected chi connectivity index (χ4v) is 5.53. The van der Waals surface area contributed by atoms with E-state index in [9.17, 15) is 0 Å². The molecule has 0 bridgehead atoms. The van der Waals surface area contributed by atoms with Gasteiger partial charge in [0.1, 0.15) is 5.01 Å². The van der Waals surface area contributed by atoms with Crippen LogP contribution in [0.1, 0.15) is 21.1 Å². The molecule has 0 aliphatic rings. The van der Waals surface area contributed by atoms with Crippen molar-refractivity contribution >= 4 is 57.8 Å². The van der Waals surface area contributed by atoms with E-state index in [4.69, 9.17) is 33.2 Å². The minimum atomic E-state index is 0.565. The summed E-state index contributed by atoms with van der Waals surface area (Å²) in [5.41, 5.74) is 6.12. The zero-order chi connectivity index (χ0) is 23.5. The third kappa shape index (κ3) is 5.29. The largest absolute Gasteiger partial charge is 0.255 e. The smallest absolute Gasteiger partial charge is 0.124 e. The van der Waals surface area contributed by atoms with Crippen molar-refractivity contribution in [1.29, 1.82) is 0 Å². The predicted octanol–water partition coefficient (Wildman–Crippen LogP) is 8.89. The van der Waals surface area contributed by atoms with E-state index in [1.54, 1.807) is 22.7 Å². The van der Waals surface area contributed by atoms with E-state index < -0.39 is 0 Å². The Hall–Kier alpha value is -2.83. The minimum Gasteiger partial charge on any atom is -0.255 e. The zero-order valence-electron chi connectivity index (χ0n) is 18.2. The Kier molecular flexibility index (Phi) is 6.88. The number of aliphatic imine (C=N–C) groups is 1. The van der Waals surface area contributed by atoms with Crippen LogP contribution in [0.2, 0.25) is 10.0 Å². The molecule has 5 aromatic rings. The van der Waals surface area contributed by atoms with Crippen molar-refractivity contribution in [2.75, 3.05) is 0 Å². The van der Waals surface area contributed by atoms with Gasteiger partial charge in [0.15, 0.2) is 0 Å². The van der Waals surface area contributed by atoms with Crippen molar-refractivity contribution < 1.29 is 0 Å². The van der Waals surface area contributed by atoms with Gasteiger partial charge in [-0.05, 0) is 36.8 Å². The number of hydrogen-bond donors (Lipinski definition) is 0. The highest BCUT2D eigenvalue weighted by Gasteiger charge is 2.09. The first-order valence-corrected chi connectivity index (χ1v) is 13.1. The lowest BCUT2D eigenvalue weighted by molar-refractivity contribution is 1.14. The molecule has 0 unspecified atom stereocenters. The van der Waals surface area contributed by atoms with Crippen molar-refractivity contribution in [2.24, 2.45) is 4.99 Å². The maximum absolute atomic E-state index is 6.14. The molecule has 5 rings (SSSR count). The molecule has 0 spiro atoms. The summed E-state index contributed by atoms with van der Waals surface area (Å²) in [6.07, 6.45) is 2.62. The van der Waals surface area contributed by atoms with Crippen LogP contribution >= 0.6 is 45.9 Å². The molecule has 0 aliphatic heterocycles. The maximum Gasteiger partial charge on any atom is 0.124 e. The van der Waals surface area contributed by atoms with Gasteiger partial charge in [-0.15, -0.1) is 22.7 Å². The number of aromatic nitrogens is 2. The fraction of sp³-hybridized carbons (Fsp3) is 0.0741. The lowest BCUT2D eigenvalue weighted by atomic mass is 10.1. The number of aryl methyl sites for hydroxylation is 1. The molecule has 0 fully saturated rings. The van der Waals surface area contributed by atoms with E-state index in [1.165, 1.54) is 0 Å². The van der Waals surface area contributed by atoms with Gasteiger partial charge in [0.05, 0.1) is 37.0 Å². The van der Waals surface area contributed by atoms with Crippen LogP contribution in [-0.2, 0) is 6.42 Å². The van der Waals surface area contributed by atoms with Crippen LogP contribution in [0.25, 0.3) is 21.8 Å². The Morgan fingerprint density at radius 3 is 2.44 bits per heavy atom. The van der Waals surface area contributed by atoms with Crippen molar-refractivity contribution in [3.63, 3.8) is 0 Å². The van der Waals surface area contributed by atoms with E-state index >= 15 is 0 Å². The summed E-state index contributed by atoms with van der Waals surface area (Å²) in [7, 11) is 0. The normalized spacial score (nSPS) is 11.4. The number of thiazole rings is 2. The lowest BCUT2D eigenvalue weighted by Gasteiger charge is -2.01. The number of rotatable bonds is 6. The molecular weight excluding hydrogens is 501 g/mol. The molecule has 34 heavy (non-hydrogen) atoms. The second kappa shape index (κ2) is 10.2. The van der Waals surface area contributed by atoms with Crippen molar-refractivity contribution in [1.82, 2.24) is 9.97 Å². The highest BCUT2D eigenvalue weighted by molar-refractivity contribution is 7.16. The first kappa shape index (κ1) is 22.9. The summed E-state index contributed by atoms with van der Waals surface area (Å²) in [5, 5.41) is 5.25. The molecule has 3 nitrogen and oxygen atoms in total. The van der Waals surface area contributed by atoms with E-state index in [2.05, 4.69) is 34.6 Å². The summed E-state index contributed by atoms with van der Waals surface area (Å²) in [6.45, 7) is 2.02. The fourth-order valence-electron chi connectivity index (χ4n) is 3.43. The molecule has 168 valence electrons. The van der Waals surface area contributed by atoms with Crippen molar-refractivity contribution in [2.45, 2.75) is 13.3 Å². The molecule has 7 heteroatoms. The van der Waals surface area contributed by atoms with Crippen LogP contribution in [0.4, 0.5) is 5.69 Å². The van der Waals surface area contributed by atoms with Gasteiger partial charge in [0.2, 0.25) is 0 Å². The van der Waals surface area contributed by atoms with Gasteiger partial charge in [-0.3, -0.25) is 4.99 Å². The summed E-state index contributed by atoms with van der Waals surface area (Å²) in [5.74, 6) is 0. The highest BCUT2D eigenvalue weighted by atomic mass is 35.5. The van der Waals surface area contributed by atoms with Crippen LogP contribution in [0.3, 0.4) is 0 Å². The monoisotopic (exact) mass is 519 g/mol. The van der Waals surface area contributed by atoms with Crippen molar-refractivity contribution in [3.05, 3.63) is 109 Å². The number of halogens is 2. The first-order valence-electron chi connectivity index (χ1n) is 10.6. The highest BCUT2D eigenvalue weighted by Crippen LogP contribution is 2.29. The molecule has 0 atom stereocenters. The molecule has 2 aromatic heterocycles. The molecule has 0 aliphatic carbocycles. The van der Waals surface area contributed by atoms with E-state index in [-0.39, 0.29) is 0 Å². The Morgan fingerprint density at radius 2 is 1.68 bits per heavy atom. The second-order valence-corrected chi connectivity index (χ2v) is 10.5. The molecule has 0 saturated carbocycles. The summed E-state index contributed by atoms with van der Waals surface area (Å²) >= 11 is 15.4. The Bertz CT molecular complexity index is 1460. The topological polar surface area (TPSA) is 38.1 Å². The van der Waals surface area contributed by atoms with Gasteiger partial charge in [-0.25, -0.2) is 9.97 Å². The van der Waals surface area contributed by atoms with Gasteiger partial charge in [-0.1, -0.05) is 71.7 Å². The quantitative estimate of drug-likeness (QED) is 0.210. The van der Waals surface area contributed by atoms with Gasteiger partial charge < -0.3 is 0 Å². The standard InChI is InChI=1S/C27H19Cl2N3S2/c1-17-25(34-27(31-17)20-5-3-2-4-6-20)15-30-21-10-8-19(9-11-21)24-16-33-26(32-24)14-18-7-12-22(28)23(29)13-18/h2-13,15-16H,14H2,1H3. The van der Waals surface area contributed by atoms with Crippen LogP contribution in [0.15, 0.2) is 83.2 Å². The van der Waals surface area contributed by atoms with E-state index in [0.29, 0.717) is 10.0 Å². The summed E-state index contributed by atoms with van der Waals surface area (Å²) in [4.78, 5) is 15.2. The number of nitrogens with zero attached hydrogens (tertiary/aromatic N) is 3. The van der Waals surface area contributed by atoms with Crippen LogP contribution < -0.4 is 0 Å². The molecule has 0 N–H and O–H groups in total. The lowest BCUT2D eigenvalue weighted by Crippen LogP contribution is -1.88. The second-order valence-electron chi connectivity index (χ2n) is 7.69. The third-order valence-corrected chi connectivity index (χ3v) is 7.97. The van der Waals surface area contributed by atoms with E-state index in [0.717, 1.165) is 55.1 Å². The molecule has 0 amide bonds. The third-order valence-electron chi connectivity index (χ3n) is 5.24. The average Bonchev–Trinajstić information content (AvgIpc) is 3.47. The maximum atomic E-state index is 6.14. The molecule has 3 aromatic carbocycles. The minimum absolute atomic E-state index is 0.565. The Labute approximate surface area is 216 Å². The Morgan fingerprint density at radius 1 is 0.882 bits per heavy atom. The molecule has 2 heterocycles. The number of hydrogen-bond acceptors (Lipinski definition) is 5.